The molecule has 1 rings (SSSR count). The van der Waals surface area contributed by atoms with Crippen molar-refractivity contribution in [1.29, 1.82) is 0 Å². The van der Waals surface area contributed by atoms with Gasteiger partial charge in [0.1, 0.15) is 5.75 Å². The molecule has 0 aliphatic carbocycles. The topological polar surface area (TPSA) is 35.5 Å². The molecule has 1 aromatic rings. The van der Waals surface area contributed by atoms with E-state index in [1.165, 1.54) is 6.08 Å². The van der Waals surface area contributed by atoms with E-state index in [0.717, 1.165) is 37.2 Å². The molecule has 104 valence electrons. The number of unbranched alkanes of at least 4 members (excludes halogenated alkanes) is 1. The van der Waals surface area contributed by atoms with Gasteiger partial charge in [-0.3, -0.25) is 0 Å². The summed E-state index contributed by atoms with van der Waals surface area (Å²) in [4.78, 5) is 11.3. The van der Waals surface area contributed by atoms with Crippen LogP contribution in [0.4, 0.5) is 0 Å². The average molecular weight is 262 g/mol. The Hall–Kier alpha value is -1.77. The zero-order chi connectivity index (χ0) is 13.9. The summed E-state index contributed by atoms with van der Waals surface area (Å²) in [6.07, 6.45) is 6.21. The molecule has 0 aliphatic rings. The molecule has 0 spiro atoms. The fraction of sp³-hybridized carbons (Fsp3) is 0.438. The molecule has 3 heteroatoms. The van der Waals surface area contributed by atoms with E-state index in [2.05, 4.69) is 6.92 Å². The SMILES string of the molecule is CCCCOc1ccc(C=CC(=O)OCCC)cc1. The van der Waals surface area contributed by atoms with Crippen LogP contribution in [0.5, 0.6) is 5.75 Å². The predicted octanol–water partition coefficient (Wildman–Crippen LogP) is 3.83. The normalized spacial score (nSPS) is 10.6. The number of hydrogen-bond donors (Lipinski definition) is 0. The maximum Gasteiger partial charge on any atom is 0.330 e. The summed E-state index contributed by atoms with van der Waals surface area (Å²) in [6.45, 7) is 5.31. The highest BCUT2D eigenvalue weighted by Crippen LogP contribution is 2.13. The first kappa shape index (κ1) is 15.3. The third-order valence-corrected chi connectivity index (χ3v) is 2.51. The van der Waals surface area contributed by atoms with Crippen molar-refractivity contribution in [2.24, 2.45) is 0 Å². The van der Waals surface area contributed by atoms with E-state index in [1.54, 1.807) is 6.08 Å². The van der Waals surface area contributed by atoms with E-state index in [1.807, 2.05) is 31.2 Å². The molecule has 0 aromatic heterocycles. The number of carbonyl (C=O) groups excluding carboxylic acids is 1. The maximum absolute atomic E-state index is 11.3. The van der Waals surface area contributed by atoms with E-state index in [0.29, 0.717) is 6.61 Å². The summed E-state index contributed by atoms with van der Waals surface area (Å²) < 4.78 is 10.5. The molecular formula is C16H22O3. The molecule has 0 aliphatic heterocycles. The Morgan fingerprint density at radius 1 is 1.11 bits per heavy atom. The van der Waals surface area contributed by atoms with Crippen molar-refractivity contribution < 1.29 is 14.3 Å². The van der Waals surface area contributed by atoms with Gasteiger partial charge in [0.2, 0.25) is 0 Å². The Balaban J connectivity index is 2.43. The van der Waals surface area contributed by atoms with Crippen LogP contribution in [0.3, 0.4) is 0 Å². The number of carbonyl (C=O) groups is 1. The lowest BCUT2D eigenvalue weighted by Crippen LogP contribution is -2.00. The van der Waals surface area contributed by atoms with Gasteiger partial charge in [-0.2, -0.15) is 0 Å². The van der Waals surface area contributed by atoms with Crippen molar-refractivity contribution in [3.05, 3.63) is 35.9 Å². The molecular weight excluding hydrogens is 240 g/mol. The van der Waals surface area contributed by atoms with Gasteiger partial charge in [-0.1, -0.05) is 32.4 Å². The Kier molecular flexibility index (Phi) is 7.40. The minimum atomic E-state index is -0.301. The lowest BCUT2D eigenvalue weighted by molar-refractivity contribution is -0.137. The van der Waals surface area contributed by atoms with Gasteiger partial charge < -0.3 is 9.47 Å². The fourth-order valence-corrected chi connectivity index (χ4v) is 1.42. The van der Waals surface area contributed by atoms with Gasteiger partial charge in [0.25, 0.3) is 0 Å². The summed E-state index contributed by atoms with van der Waals surface area (Å²) in [5.41, 5.74) is 0.955. The minimum Gasteiger partial charge on any atom is -0.494 e. The molecule has 0 saturated carbocycles. The number of benzene rings is 1. The van der Waals surface area contributed by atoms with Crippen LogP contribution < -0.4 is 4.74 Å². The molecule has 19 heavy (non-hydrogen) atoms. The highest BCUT2D eigenvalue weighted by molar-refractivity contribution is 5.87. The standard InChI is InChI=1S/C16H22O3/c1-3-5-13-18-15-9-6-14(7-10-15)8-11-16(17)19-12-4-2/h6-11H,3-5,12-13H2,1-2H3. The van der Waals surface area contributed by atoms with Crippen LogP contribution in [0.2, 0.25) is 0 Å². The number of rotatable bonds is 8. The zero-order valence-corrected chi connectivity index (χ0v) is 11.7. The molecule has 0 fully saturated rings. The monoisotopic (exact) mass is 262 g/mol. The van der Waals surface area contributed by atoms with Gasteiger partial charge in [0, 0.05) is 6.08 Å². The van der Waals surface area contributed by atoms with Crippen molar-refractivity contribution in [3.8, 4) is 5.75 Å². The van der Waals surface area contributed by atoms with Crippen LogP contribution in [-0.2, 0) is 9.53 Å². The minimum absolute atomic E-state index is 0.301. The summed E-state index contributed by atoms with van der Waals surface area (Å²) >= 11 is 0. The lowest BCUT2D eigenvalue weighted by Gasteiger charge is -2.05. The van der Waals surface area contributed by atoms with Crippen LogP contribution in [0.15, 0.2) is 30.3 Å². The maximum atomic E-state index is 11.3. The van der Waals surface area contributed by atoms with Gasteiger partial charge in [0.15, 0.2) is 0 Å². The molecule has 0 bridgehead atoms. The van der Waals surface area contributed by atoms with E-state index >= 15 is 0 Å². The van der Waals surface area contributed by atoms with Crippen LogP contribution in [0.25, 0.3) is 6.08 Å². The molecule has 0 N–H and O–H groups in total. The Morgan fingerprint density at radius 2 is 1.84 bits per heavy atom. The molecule has 0 unspecified atom stereocenters. The second kappa shape index (κ2) is 9.20. The zero-order valence-electron chi connectivity index (χ0n) is 11.7. The second-order valence-corrected chi connectivity index (χ2v) is 4.27. The molecule has 0 heterocycles. The predicted molar refractivity (Wildman–Crippen MR) is 77.1 cm³/mol. The number of esters is 1. The first-order valence-electron chi connectivity index (χ1n) is 6.84. The van der Waals surface area contributed by atoms with Crippen LogP contribution >= 0.6 is 0 Å². The third-order valence-electron chi connectivity index (χ3n) is 2.51. The van der Waals surface area contributed by atoms with E-state index in [-0.39, 0.29) is 5.97 Å². The van der Waals surface area contributed by atoms with Gasteiger partial charge in [-0.25, -0.2) is 4.79 Å². The highest BCUT2D eigenvalue weighted by Gasteiger charge is 1.96. The van der Waals surface area contributed by atoms with Crippen molar-refractivity contribution in [2.75, 3.05) is 13.2 Å². The molecule has 0 atom stereocenters. The van der Waals surface area contributed by atoms with Gasteiger partial charge in [-0.15, -0.1) is 0 Å². The van der Waals surface area contributed by atoms with Crippen LogP contribution in [0.1, 0.15) is 38.7 Å². The van der Waals surface area contributed by atoms with Gasteiger partial charge in [0.05, 0.1) is 13.2 Å². The summed E-state index contributed by atoms with van der Waals surface area (Å²) in [5.74, 6) is 0.560. The third kappa shape index (κ3) is 6.65. The largest absolute Gasteiger partial charge is 0.494 e. The molecule has 0 amide bonds. The molecule has 0 saturated heterocycles. The highest BCUT2D eigenvalue weighted by atomic mass is 16.5. The summed E-state index contributed by atoms with van der Waals surface area (Å²) in [5, 5.41) is 0. The second-order valence-electron chi connectivity index (χ2n) is 4.27. The van der Waals surface area contributed by atoms with Crippen molar-refractivity contribution >= 4 is 12.0 Å². The Labute approximate surface area is 115 Å². The van der Waals surface area contributed by atoms with E-state index in [9.17, 15) is 4.79 Å². The fourth-order valence-electron chi connectivity index (χ4n) is 1.42. The first-order chi connectivity index (χ1) is 9.26. The quantitative estimate of drug-likeness (QED) is 0.406. The average Bonchev–Trinajstić information content (AvgIpc) is 2.44. The van der Waals surface area contributed by atoms with Crippen molar-refractivity contribution in [2.45, 2.75) is 33.1 Å². The van der Waals surface area contributed by atoms with Gasteiger partial charge >= 0.3 is 5.97 Å². The summed E-state index contributed by atoms with van der Waals surface area (Å²) in [7, 11) is 0. The van der Waals surface area contributed by atoms with E-state index < -0.39 is 0 Å². The lowest BCUT2D eigenvalue weighted by atomic mass is 10.2. The number of hydrogen-bond acceptors (Lipinski definition) is 3. The van der Waals surface area contributed by atoms with Crippen LogP contribution in [0, 0.1) is 0 Å². The Morgan fingerprint density at radius 3 is 2.47 bits per heavy atom. The Bertz CT molecular complexity index is 393. The van der Waals surface area contributed by atoms with Gasteiger partial charge in [-0.05, 0) is 36.6 Å². The van der Waals surface area contributed by atoms with Crippen molar-refractivity contribution in [3.63, 3.8) is 0 Å². The smallest absolute Gasteiger partial charge is 0.330 e. The van der Waals surface area contributed by atoms with Crippen molar-refractivity contribution in [1.82, 2.24) is 0 Å². The van der Waals surface area contributed by atoms with Crippen LogP contribution in [-0.4, -0.2) is 19.2 Å². The first-order valence-corrected chi connectivity index (χ1v) is 6.84. The number of ether oxygens (including phenoxy) is 2. The molecule has 0 radical (unpaired) electrons. The molecule has 3 nitrogen and oxygen atoms in total. The summed E-state index contributed by atoms with van der Waals surface area (Å²) in [6, 6.07) is 7.66. The molecule has 1 aromatic carbocycles. The van der Waals surface area contributed by atoms with E-state index in [4.69, 9.17) is 9.47 Å².